The fourth-order valence-corrected chi connectivity index (χ4v) is 3.25. The van der Waals surface area contributed by atoms with Crippen molar-refractivity contribution in [2.24, 2.45) is 0 Å². The first-order chi connectivity index (χ1) is 12.0. The molecule has 3 rings (SSSR count). The van der Waals surface area contributed by atoms with Crippen molar-refractivity contribution >= 4 is 11.9 Å². The van der Waals surface area contributed by atoms with E-state index < -0.39 is 17.4 Å². The van der Waals surface area contributed by atoms with Gasteiger partial charge in [-0.25, -0.2) is 14.2 Å². The Hall–Kier alpha value is -2.74. The first kappa shape index (κ1) is 17.1. The molecule has 1 unspecified atom stereocenters. The predicted octanol–water partition coefficient (Wildman–Crippen LogP) is 1.72. The van der Waals surface area contributed by atoms with Gasteiger partial charge >= 0.3 is 5.97 Å². The summed E-state index contributed by atoms with van der Waals surface area (Å²) in [5, 5.41) is 9.69. The second-order valence-corrected chi connectivity index (χ2v) is 5.96. The molecule has 25 heavy (non-hydrogen) atoms. The zero-order valence-corrected chi connectivity index (χ0v) is 13.7. The highest BCUT2D eigenvalue weighted by Crippen LogP contribution is 2.32. The Morgan fingerprint density at radius 1 is 1.36 bits per heavy atom. The van der Waals surface area contributed by atoms with Crippen molar-refractivity contribution in [3.05, 3.63) is 48.3 Å². The Bertz CT molecular complexity index is 789. The van der Waals surface area contributed by atoms with E-state index in [4.69, 9.17) is 4.74 Å². The number of rotatable bonds is 5. The van der Waals surface area contributed by atoms with Gasteiger partial charge in [0, 0.05) is 19.3 Å². The largest absolute Gasteiger partial charge is 0.479 e. The highest BCUT2D eigenvalue weighted by atomic mass is 19.1. The van der Waals surface area contributed by atoms with Gasteiger partial charge < -0.3 is 14.7 Å². The minimum Gasteiger partial charge on any atom is -0.479 e. The number of carboxylic acid groups (broad SMARTS) is 1. The molecule has 8 heteroatoms. The Balaban J connectivity index is 1.97. The van der Waals surface area contributed by atoms with Crippen molar-refractivity contribution in [1.82, 2.24) is 14.5 Å². The number of carboxylic acids is 1. The van der Waals surface area contributed by atoms with E-state index in [2.05, 4.69) is 4.98 Å². The minimum atomic E-state index is -1.39. The highest BCUT2D eigenvalue weighted by molar-refractivity contribution is 5.97. The van der Waals surface area contributed by atoms with Crippen LogP contribution in [0.3, 0.4) is 0 Å². The molecule has 0 spiro atoms. The SMILES string of the molecule is COCC1(C(=O)O)CCCN1C(=O)c1cncn1-c1ccc(F)cc1. The summed E-state index contributed by atoms with van der Waals surface area (Å²) in [6.07, 6.45) is 3.72. The molecular formula is C17H18FN3O4. The van der Waals surface area contributed by atoms with Crippen LogP contribution in [-0.2, 0) is 9.53 Å². The molecule has 2 aromatic rings. The molecule has 7 nitrogen and oxygen atoms in total. The number of ether oxygens (including phenoxy) is 1. The smallest absolute Gasteiger partial charge is 0.332 e. The molecular weight excluding hydrogens is 329 g/mol. The van der Waals surface area contributed by atoms with Crippen LogP contribution in [0.5, 0.6) is 0 Å². The highest BCUT2D eigenvalue weighted by Gasteiger charge is 2.50. The first-order valence-corrected chi connectivity index (χ1v) is 7.82. The van der Waals surface area contributed by atoms with Crippen LogP contribution in [0.2, 0.25) is 0 Å². The van der Waals surface area contributed by atoms with Crippen LogP contribution in [0.25, 0.3) is 5.69 Å². The van der Waals surface area contributed by atoms with Crippen LogP contribution in [0, 0.1) is 5.82 Å². The van der Waals surface area contributed by atoms with E-state index in [-0.39, 0.29) is 18.1 Å². The van der Waals surface area contributed by atoms with Gasteiger partial charge in [0.1, 0.15) is 11.5 Å². The molecule has 1 atom stereocenters. The molecule has 1 saturated heterocycles. The van der Waals surface area contributed by atoms with Crippen LogP contribution in [0.15, 0.2) is 36.8 Å². The average Bonchev–Trinajstić information content (AvgIpc) is 3.23. The number of aliphatic carboxylic acids is 1. The van der Waals surface area contributed by atoms with Gasteiger partial charge in [0.25, 0.3) is 5.91 Å². The molecule has 2 heterocycles. The third-order valence-corrected chi connectivity index (χ3v) is 4.48. The minimum absolute atomic E-state index is 0.0846. The van der Waals surface area contributed by atoms with Crippen LogP contribution in [0.1, 0.15) is 23.3 Å². The summed E-state index contributed by atoms with van der Waals surface area (Å²) in [5.41, 5.74) is -0.603. The van der Waals surface area contributed by atoms with Crippen molar-refractivity contribution in [1.29, 1.82) is 0 Å². The zero-order chi connectivity index (χ0) is 18.0. The summed E-state index contributed by atoms with van der Waals surface area (Å²) in [4.78, 5) is 30.2. The van der Waals surface area contributed by atoms with Gasteiger partial charge in [-0.3, -0.25) is 9.36 Å². The lowest BCUT2D eigenvalue weighted by Gasteiger charge is -2.34. The number of aromatic nitrogens is 2. The Morgan fingerprint density at radius 3 is 2.72 bits per heavy atom. The van der Waals surface area contributed by atoms with E-state index in [1.807, 2.05) is 0 Å². The number of amides is 1. The number of carbonyl (C=O) groups is 2. The molecule has 1 N–H and O–H groups in total. The zero-order valence-electron chi connectivity index (χ0n) is 13.7. The molecule has 1 aliphatic rings. The number of nitrogens with zero attached hydrogens (tertiary/aromatic N) is 3. The summed E-state index contributed by atoms with van der Waals surface area (Å²) in [7, 11) is 1.41. The molecule has 1 aromatic heterocycles. The molecule has 0 radical (unpaired) electrons. The number of halogens is 1. The summed E-state index contributed by atoms with van der Waals surface area (Å²) >= 11 is 0. The molecule has 1 aliphatic heterocycles. The molecule has 1 aromatic carbocycles. The van der Waals surface area contributed by atoms with Gasteiger partial charge in [0.05, 0.1) is 19.1 Å². The maximum atomic E-state index is 13.1. The first-order valence-electron chi connectivity index (χ1n) is 7.82. The van der Waals surface area contributed by atoms with Gasteiger partial charge in [-0.05, 0) is 37.1 Å². The number of hydrogen-bond acceptors (Lipinski definition) is 4. The Labute approximate surface area is 143 Å². The molecule has 0 aliphatic carbocycles. The topological polar surface area (TPSA) is 84.7 Å². The van der Waals surface area contributed by atoms with Gasteiger partial charge in [-0.15, -0.1) is 0 Å². The number of imidazole rings is 1. The van der Waals surface area contributed by atoms with E-state index >= 15 is 0 Å². The van der Waals surface area contributed by atoms with Crippen molar-refractivity contribution in [3.8, 4) is 5.69 Å². The van der Waals surface area contributed by atoms with Gasteiger partial charge in [0.15, 0.2) is 5.54 Å². The standard InChI is InChI=1S/C17H18FN3O4/c1-25-10-17(16(23)24)7-2-8-21(17)15(22)14-9-19-11-20(14)13-5-3-12(18)4-6-13/h3-6,9,11H,2,7-8,10H2,1H3,(H,23,24). The molecule has 132 valence electrons. The Morgan fingerprint density at radius 2 is 2.08 bits per heavy atom. The number of carbonyl (C=O) groups excluding carboxylic acids is 1. The van der Waals surface area contributed by atoms with Crippen molar-refractivity contribution < 1.29 is 23.8 Å². The molecule has 1 fully saturated rings. The van der Waals surface area contributed by atoms with Crippen LogP contribution in [-0.4, -0.2) is 57.2 Å². The van der Waals surface area contributed by atoms with E-state index in [0.717, 1.165) is 0 Å². The van der Waals surface area contributed by atoms with E-state index in [1.54, 1.807) is 0 Å². The van der Waals surface area contributed by atoms with Crippen molar-refractivity contribution in [2.75, 3.05) is 20.3 Å². The van der Waals surface area contributed by atoms with Gasteiger partial charge in [0.2, 0.25) is 0 Å². The van der Waals surface area contributed by atoms with Crippen molar-refractivity contribution in [2.45, 2.75) is 18.4 Å². The van der Waals surface area contributed by atoms with Crippen LogP contribution < -0.4 is 0 Å². The fourth-order valence-electron chi connectivity index (χ4n) is 3.25. The van der Waals surface area contributed by atoms with Crippen LogP contribution in [0.4, 0.5) is 4.39 Å². The number of hydrogen-bond donors (Lipinski definition) is 1. The maximum absolute atomic E-state index is 13.1. The monoisotopic (exact) mass is 347 g/mol. The Kier molecular flexibility index (Phi) is 4.54. The summed E-state index contributed by atoms with van der Waals surface area (Å²) in [6.45, 7) is 0.238. The van der Waals surface area contributed by atoms with E-state index in [0.29, 0.717) is 25.1 Å². The predicted molar refractivity (Wildman–Crippen MR) is 86.0 cm³/mol. The fraction of sp³-hybridized carbons (Fsp3) is 0.353. The van der Waals surface area contributed by atoms with Gasteiger partial charge in [-0.2, -0.15) is 0 Å². The van der Waals surface area contributed by atoms with E-state index in [1.165, 1.54) is 53.4 Å². The number of likely N-dealkylation sites (tertiary alicyclic amines) is 1. The third kappa shape index (κ3) is 2.89. The number of benzene rings is 1. The van der Waals surface area contributed by atoms with Crippen LogP contribution >= 0.6 is 0 Å². The summed E-state index contributed by atoms with van der Waals surface area (Å²) < 4.78 is 19.7. The molecule has 0 saturated carbocycles. The quantitative estimate of drug-likeness (QED) is 0.890. The average molecular weight is 347 g/mol. The normalized spacial score (nSPS) is 20.0. The maximum Gasteiger partial charge on any atom is 0.332 e. The lowest BCUT2D eigenvalue weighted by Crippen LogP contribution is -2.56. The lowest BCUT2D eigenvalue weighted by atomic mass is 9.97. The molecule has 1 amide bonds. The second-order valence-electron chi connectivity index (χ2n) is 5.96. The lowest BCUT2D eigenvalue weighted by molar-refractivity contribution is -0.151. The van der Waals surface area contributed by atoms with E-state index in [9.17, 15) is 19.1 Å². The van der Waals surface area contributed by atoms with Crippen molar-refractivity contribution in [3.63, 3.8) is 0 Å². The van der Waals surface area contributed by atoms with Gasteiger partial charge in [-0.1, -0.05) is 0 Å². The summed E-state index contributed by atoms with van der Waals surface area (Å²) in [6, 6.07) is 5.62. The third-order valence-electron chi connectivity index (χ3n) is 4.48. The second kappa shape index (κ2) is 6.64. The number of methoxy groups -OCH3 is 1. The summed E-state index contributed by atoms with van der Waals surface area (Å²) in [5.74, 6) is -1.92. The molecule has 0 bridgehead atoms.